The molecule has 0 saturated carbocycles. The van der Waals surface area contributed by atoms with E-state index in [4.69, 9.17) is 4.74 Å². The molecule has 21 heavy (non-hydrogen) atoms. The van der Waals surface area contributed by atoms with Crippen molar-refractivity contribution >= 4 is 11.7 Å². The summed E-state index contributed by atoms with van der Waals surface area (Å²) in [5.41, 5.74) is 1.16. The summed E-state index contributed by atoms with van der Waals surface area (Å²) in [5, 5.41) is 30.9. The lowest BCUT2D eigenvalue weighted by atomic mass is 9.95. The molecule has 2 N–H and O–H groups in total. The molecule has 0 heterocycles. The Kier molecular flexibility index (Phi) is 5.80. The van der Waals surface area contributed by atoms with E-state index in [0.29, 0.717) is 11.1 Å². The molecular weight excluding hydrogens is 278 g/mol. The van der Waals surface area contributed by atoms with E-state index in [9.17, 15) is 25.1 Å². The number of rotatable bonds is 6. The second-order valence-electron chi connectivity index (χ2n) is 4.77. The van der Waals surface area contributed by atoms with Crippen LogP contribution >= 0.6 is 0 Å². The molecule has 116 valence electrons. The fraction of sp³-hybridized carbons (Fsp3) is 0.500. The first-order valence-corrected chi connectivity index (χ1v) is 6.55. The lowest BCUT2D eigenvalue weighted by Crippen LogP contribution is -2.24. The molecule has 0 aliphatic heterocycles. The first-order valence-electron chi connectivity index (χ1n) is 6.55. The van der Waals surface area contributed by atoms with Gasteiger partial charge in [0.2, 0.25) is 0 Å². The van der Waals surface area contributed by atoms with Crippen molar-refractivity contribution in [3.63, 3.8) is 0 Å². The van der Waals surface area contributed by atoms with Crippen LogP contribution in [0.4, 0.5) is 5.69 Å². The third-order valence-corrected chi connectivity index (χ3v) is 3.15. The molecule has 1 aromatic rings. The minimum atomic E-state index is -1.39. The molecule has 0 spiro atoms. The van der Waals surface area contributed by atoms with Gasteiger partial charge in [0.15, 0.2) is 0 Å². The van der Waals surface area contributed by atoms with Crippen molar-refractivity contribution in [2.75, 3.05) is 6.61 Å². The quantitative estimate of drug-likeness (QED) is 0.468. The summed E-state index contributed by atoms with van der Waals surface area (Å²) in [4.78, 5) is 21.7. The average molecular weight is 297 g/mol. The molecular formula is C14H19NO6. The van der Waals surface area contributed by atoms with E-state index in [1.807, 2.05) is 0 Å². The lowest BCUT2D eigenvalue weighted by molar-refractivity contribution is -0.385. The Morgan fingerprint density at radius 2 is 1.95 bits per heavy atom. The number of aliphatic hydroxyl groups is 2. The smallest absolute Gasteiger partial charge is 0.308 e. The maximum atomic E-state index is 11.3. The Balaban J connectivity index is 3.01. The summed E-state index contributed by atoms with van der Waals surface area (Å²) in [6.07, 6.45) is -3.16. The zero-order valence-corrected chi connectivity index (χ0v) is 12.2. The van der Waals surface area contributed by atoms with Gasteiger partial charge in [0, 0.05) is 11.6 Å². The summed E-state index contributed by atoms with van der Waals surface area (Å²) in [7, 11) is 0. The normalized spacial score (nSPS) is 13.6. The minimum Gasteiger partial charge on any atom is -0.466 e. The van der Waals surface area contributed by atoms with Crippen molar-refractivity contribution in [1.82, 2.24) is 0 Å². The highest BCUT2D eigenvalue weighted by Crippen LogP contribution is 2.29. The number of nitro benzene ring substituents is 1. The van der Waals surface area contributed by atoms with Gasteiger partial charge in [-0.05, 0) is 38.0 Å². The van der Waals surface area contributed by atoms with Crippen LogP contribution in [0.15, 0.2) is 12.1 Å². The molecule has 0 amide bonds. The predicted octanol–water partition coefficient (Wildman–Crippen LogP) is 1.56. The van der Waals surface area contributed by atoms with Gasteiger partial charge >= 0.3 is 5.97 Å². The number of aryl methyl sites for hydroxylation is 2. The number of carbonyl (C=O) groups excluding carboxylic acids is 1. The number of aliphatic hydroxyl groups excluding tert-OH is 2. The number of hydrogen-bond acceptors (Lipinski definition) is 6. The Morgan fingerprint density at radius 3 is 2.48 bits per heavy atom. The number of esters is 1. The molecule has 0 aliphatic rings. The van der Waals surface area contributed by atoms with Crippen LogP contribution in [0.5, 0.6) is 0 Å². The summed E-state index contributed by atoms with van der Waals surface area (Å²) in [6.45, 7) is 5.08. The zero-order valence-electron chi connectivity index (χ0n) is 12.2. The number of benzene rings is 1. The van der Waals surface area contributed by atoms with Crippen LogP contribution in [0.3, 0.4) is 0 Å². The Hall–Kier alpha value is -1.99. The van der Waals surface area contributed by atoms with Crippen LogP contribution in [-0.4, -0.2) is 33.8 Å². The second-order valence-corrected chi connectivity index (χ2v) is 4.77. The highest BCUT2D eigenvalue weighted by Gasteiger charge is 2.26. The molecule has 7 nitrogen and oxygen atoms in total. The van der Waals surface area contributed by atoms with E-state index >= 15 is 0 Å². The standard InChI is InChI=1S/C14H19NO6/c1-4-21-13(17)7-12(16)14(18)10-6-11(15(19)20)9(3)5-8(10)2/h5-6,12,14,16,18H,4,7H2,1-3H3. The van der Waals surface area contributed by atoms with Gasteiger partial charge in [-0.25, -0.2) is 0 Å². The highest BCUT2D eigenvalue weighted by atomic mass is 16.6. The van der Waals surface area contributed by atoms with E-state index in [0.717, 1.165) is 0 Å². The van der Waals surface area contributed by atoms with Crippen molar-refractivity contribution in [3.8, 4) is 0 Å². The van der Waals surface area contributed by atoms with Crippen LogP contribution in [0.25, 0.3) is 0 Å². The van der Waals surface area contributed by atoms with Gasteiger partial charge in [0.05, 0.1) is 24.1 Å². The molecule has 0 fully saturated rings. The van der Waals surface area contributed by atoms with Gasteiger partial charge in [0.25, 0.3) is 5.69 Å². The highest BCUT2D eigenvalue weighted by molar-refractivity contribution is 5.70. The van der Waals surface area contributed by atoms with Gasteiger partial charge in [-0.2, -0.15) is 0 Å². The van der Waals surface area contributed by atoms with Crippen LogP contribution in [0.1, 0.15) is 36.1 Å². The average Bonchev–Trinajstić information content (AvgIpc) is 2.37. The maximum Gasteiger partial charge on any atom is 0.308 e. The second kappa shape index (κ2) is 7.14. The van der Waals surface area contributed by atoms with Gasteiger partial charge in [-0.3, -0.25) is 14.9 Å². The number of nitro groups is 1. The molecule has 0 aromatic heterocycles. The summed E-state index contributed by atoms with van der Waals surface area (Å²) >= 11 is 0. The van der Waals surface area contributed by atoms with E-state index in [2.05, 4.69) is 0 Å². The van der Waals surface area contributed by atoms with Crippen molar-refractivity contribution < 1.29 is 24.7 Å². The third-order valence-electron chi connectivity index (χ3n) is 3.15. The van der Waals surface area contributed by atoms with Crippen molar-refractivity contribution in [2.45, 2.75) is 39.4 Å². The zero-order chi connectivity index (χ0) is 16.2. The van der Waals surface area contributed by atoms with Gasteiger partial charge in [0.1, 0.15) is 6.10 Å². The SMILES string of the molecule is CCOC(=O)CC(O)C(O)c1cc([N+](=O)[O-])c(C)cc1C. The summed E-state index contributed by atoms with van der Waals surface area (Å²) in [5.74, 6) is -0.636. The molecule has 0 aliphatic carbocycles. The first kappa shape index (κ1) is 17.1. The molecule has 2 unspecified atom stereocenters. The topological polar surface area (TPSA) is 110 Å². The van der Waals surface area contributed by atoms with E-state index in [1.165, 1.54) is 6.07 Å². The number of ether oxygens (including phenoxy) is 1. The Bertz CT molecular complexity index is 543. The fourth-order valence-electron chi connectivity index (χ4n) is 2.08. The maximum absolute atomic E-state index is 11.3. The first-order chi connectivity index (χ1) is 9.77. The molecule has 1 rings (SSSR count). The monoisotopic (exact) mass is 297 g/mol. The molecule has 7 heteroatoms. The van der Waals surface area contributed by atoms with E-state index in [1.54, 1.807) is 26.8 Å². The van der Waals surface area contributed by atoms with Crippen LogP contribution < -0.4 is 0 Å². The van der Waals surface area contributed by atoms with Crippen molar-refractivity contribution in [2.24, 2.45) is 0 Å². The number of carbonyl (C=O) groups is 1. The Labute approximate surface area is 122 Å². The van der Waals surface area contributed by atoms with Crippen LogP contribution in [0.2, 0.25) is 0 Å². The summed E-state index contributed by atoms with van der Waals surface area (Å²) in [6, 6.07) is 2.79. The molecule has 0 radical (unpaired) electrons. The molecule has 0 bridgehead atoms. The third kappa shape index (κ3) is 4.24. The van der Waals surface area contributed by atoms with Crippen LogP contribution in [0, 0.1) is 24.0 Å². The number of hydrogen-bond donors (Lipinski definition) is 2. The minimum absolute atomic E-state index is 0.141. The van der Waals surface area contributed by atoms with Crippen molar-refractivity contribution in [3.05, 3.63) is 38.9 Å². The van der Waals surface area contributed by atoms with Gasteiger partial charge < -0.3 is 14.9 Å². The van der Waals surface area contributed by atoms with Gasteiger partial charge in [-0.1, -0.05) is 0 Å². The molecule has 2 atom stereocenters. The summed E-state index contributed by atoms with van der Waals surface area (Å²) < 4.78 is 4.69. The predicted molar refractivity (Wildman–Crippen MR) is 74.8 cm³/mol. The molecule has 1 aromatic carbocycles. The molecule has 0 saturated heterocycles. The lowest BCUT2D eigenvalue weighted by Gasteiger charge is -2.19. The number of nitrogens with zero attached hydrogens (tertiary/aromatic N) is 1. The van der Waals surface area contributed by atoms with Gasteiger partial charge in [-0.15, -0.1) is 0 Å². The van der Waals surface area contributed by atoms with Crippen molar-refractivity contribution in [1.29, 1.82) is 0 Å². The largest absolute Gasteiger partial charge is 0.466 e. The van der Waals surface area contributed by atoms with Crippen LogP contribution in [-0.2, 0) is 9.53 Å². The fourth-order valence-corrected chi connectivity index (χ4v) is 2.08. The Morgan fingerprint density at radius 1 is 1.33 bits per heavy atom. The van der Waals surface area contributed by atoms with E-state index in [-0.39, 0.29) is 24.3 Å². The van der Waals surface area contributed by atoms with E-state index < -0.39 is 23.1 Å².